The van der Waals surface area contributed by atoms with E-state index in [-0.39, 0.29) is 6.04 Å². The molecule has 5 heteroatoms. The Hall–Kier alpha value is -1.62. The highest BCUT2D eigenvalue weighted by atomic mass is 15.3. The number of hydrogen-bond acceptors (Lipinski definition) is 4. The molecule has 0 spiro atoms. The number of anilines is 1. The molecule has 0 radical (unpaired) electrons. The van der Waals surface area contributed by atoms with Gasteiger partial charge in [0.15, 0.2) is 5.65 Å². The van der Waals surface area contributed by atoms with Crippen LogP contribution in [-0.2, 0) is 0 Å². The number of rotatable bonds is 5. The number of nitrogens with one attached hydrogen (secondary N) is 1. The summed E-state index contributed by atoms with van der Waals surface area (Å²) in [4.78, 5) is 4.18. The predicted octanol–water partition coefficient (Wildman–Crippen LogP) is 1.58. The number of aryl methyl sites for hydroxylation is 1. The zero-order valence-corrected chi connectivity index (χ0v) is 10.3. The molecule has 17 heavy (non-hydrogen) atoms. The molecule has 0 aliphatic carbocycles. The lowest BCUT2D eigenvalue weighted by Gasteiger charge is -2.13. The molecule has 0 saturated carbocycles. The van der Waals surface area contributed by atoms with Crippen LogP contribution in [0.3, 0.4) is 0 Å². The number of hydrogen-bond donors (Lipinski definition) is 2. The second-order valence-electron chi connectivity index (χ2n) is 4.38. The Morgan fingerprint density at radius 2 is 2.29 bits per heavy atom. The fourth-order valence-corrected chi connectivity index (χ4v) is 1.89. The van der Waals surface area contributed by atoms with Crippen LogP contribution >= 0.6 is 0 Å². The maximum absolute atomic E-state index is 5.98. The Bertz CT molecular complexity index is 491. The van der Waals surface area contributed by atoms with Crippen LogP contribution in [0.1, 0.15) is 25.3 Å². The van der Waals surface area contributed by atoms with E-state index < -0.39 is 0 Å². The molecule has 2 aromatic rings. The molecule has 2 rings (SSSR count). The van der Waals surface area contributed by atoms with Crippen molar-refractivity contribution in [1.29, 1.82) is 0 Å². The van der Waals surface area contributed by atoms with Crippen molar-refractivity contribution >= 4 is 11.5 Å². The number of fused-ring (bicyclic) bond motifs is 1. The van der Waals surface area contributed by atoms with Crippen LogP contribution in [0.4, 0.5) is 5.82 Å². The van der Waals surface area contributed by atoms with Crippen molar-refractivity contribution in [2.45, 2.75) is 32.7 Å². The molecule has 1 unspecified atom stereocenters. The van der Waals surface area contributed by atoms with Crippen LogP contribution < -0.4 is 11.1 Å². The molecule has 3 N–H and O–H groups in total. The molecule has 1 atom stereocenters. The average molecular weight is 233 g/mol. The van der Waals surface area contributed by atoms with Gasteiger partial charge in [-0.25, -0.2) is 4.98 Å². The van der Waals surface area contributed by atoms with E-state index in [9.17, 15) is 0 Å². The number of nitrogens with two attached hydrogens (primary N) is 1. The topological polar surface area (TPSA) is 68.2 Å². The highest BCUT2D eigenvalue weighted by Gasteiger charge is 2.05. The van der Waals surface area contributed by atoms with Gasteiger partial charge in [-0.1, -0.05) is 13.3 Å². The van der Waals surface area contributed by atoms with Gasteiger partial charge in [-0.3, -0.25) is 0 Å². The first-order valence-corrected chi connectivity index (χ1v) is 6.00. The molecular weight excluding hydrogens is 214 g/mol. The van der Waals surface area contributed by atoms with Crippen molar-refractivity contribution < 1.29 is 0 Å². The van der Waals surface area contributed by atoms with E-state index in [0.717, 1.165) is 36.4 Å². The number of nitrogens with zero attached hydrogens (tertiary/aromatic N) is 3. The molecule has 0 amide bonds. The molecular formula is C12H19N5. The Balaban J connectivity index is 2.14. The summed E-state index contributed by atoms with van der Waals surface area (Å²) >= 11 is 0. The fraction of sp³-hybridized carbons (Fsp3) is 0.500. The Morgan fingerprint density at radius 3 is 3.06 bits per heavy atom. The highest BCUT2D eigenvalue weighted by Crippen LogP contribution is 2.13. The first-order chi connectivity index (χ1) is 8.20. The van der Waals surface area contributed by atoms with Crippen molar-refractivity contribution in [2.75, 3.05) is 11.9 Å². The first kappa shape index (κ1) is 11.9. The summed E-state index contributed by atoms with van der Waals surface area (Å²) in [6.07, 6.45) is 3.70. The average Bonchev–Trinajstić information content (AvgIpc) is 2.74. The van der Waals surface area contributed by atoms with E-state index in [2.05, 4.69) is 28.4 Å². The quantitative estimate of drug-likeness (QED) is 0.822. The third kappa shape index (κ3) is 2.74. The van der Waals surface area contributed by atoms with Crippen molar-refractivity contribution in [3.8, 4) is 0 Å². The monoisotopic (exact) mass is 233 g/mol. The van der Waals surface area contributed by atoms with Gasteiger partial charge in [-0.15, -0.1) is 0 Å². The lowest BCUT2D eigenvalue weighted by molar-refractivity contribution is 0.625. The SMILES string of the molecule is CCCC(N)CNc1cc(C)cc2ncnn12. The lowest BCUT2D eigenvalue weighted by atomic mass is 10.2. The third-order valence-electron chi connectivity index (χ3n) is 2.73. The first-order valence-electron chi connectivity index (χ1n) is 6.00. The van der Waals surface area contributed by atoms with Crippen LogP contribution in [0, 0.1) is 6.92 Å². The van der Waals surface area contributed by atoms with Gasteiger partial charge in [-0.05, 0) is 31.0 Å². The Morgan fingerprint density at radius 1 is 1.47 bits per heavy atom. The van der Waals surface area contributed by atoms with Crippen LogP contribution in [0.25, 0.3) is 5.65 Å². The predicted molar refractivity (Wildman–Crippen MR) is 69.1 cm³/mol. The lowest BCUT2D eigenvalue weighted by Crippen LogP contribution is -2.29. The molecule has 0 bridgehead atoms. The largest absolute Gasteiger partial charge is 0.368 e. The van der Waals surface area contributed by atoms with Gasteiger partial charge in [0.1, 0.15) is 12.1 Å². The van der Waals surface area contributed by atoms with Gasteiger partial charge in [0, 0.05) is 12.6 Å². The standard InChI is InChI=1S/C12H19N5/c1-3-4-10(13)7-14-11-5-9(2)6-12-15-8-16-17(11)12/h5-6,8,10,14H,3-4,7,13H2,1-2H3. The van der Waals surface area contributed by atoms with Crippen LogP contribution in [-0.4, -0.2) is 27.2 Å². The minimum atomic E-state index is 0.180. The van der Waals surface area contributed by atoms with E-state index >= 15 is 0 Å². The molecule has 2 heterocycles. The zero-order chi connectivity index (χ0) is 12.3. The van der Waals surface area contributed by atoms with Crippen molar-refractivity contribution in [1.82, 2.24) is 14.6 Å². The van der Waals surface area contributed by atoms with Crippen LogP contribution in [0.5, 0.6) is 0 Å². The fourth-order valence-electron chi connectivity index (χ4n) is 1.89. The molecule has 0 saturated heterocycles. The second-order valence-corrected chi connectivity index (χ2v) is 4.38. The molecule has 5 nitrogen and oxygen atoms in total. The summed E-state index contributed by atoms with van der Waals surface area (Å²) in [5.74, 6) is 0.948. The molecule has 2 aromatic heterocycles. The van der Waals surface area contributed by atoms with Crippen molar-refractivity contribution in [3.63, 3.8) is 0 Å². The van der Waals surface area contributed by atoms with E-state index in [0.29, 0.717) is 0 Å². The summed E-state index contributed by atoms with van der Waals surface area (Å²) in [5, 5.41) is 7.52. The third-order valence-corrected chi connectivity index (χ3v) is 2.73. The summed E-state index contributed by atoms with van der Waals surface area (Å²) in [6, 6.07) is 4.24. The van der Waals surface area contributed by atoms with E-state index in [1.807, 2.05) is 13.0 Å². The van der Waals surface area contributed by atoms with Gasteiger partial charge >= 0.3 is 0 Å². The van der Waals surface area contributed by atoms with E-state index in [1.165, 1.54) is 0 Å². The van der Waals surface area contributed by atoms with Crippen LogP contribution in [0.2, 0.25) is 0 Å². The minimum Gasteiger partial charge on any atom is -0.368 e. The van der Waals surface area contributed by atoms with Crippen molar-refractivity contribution in [3.05, 3.63) is 24.0 Å². The van der Waals surface area contributed by atoms with Gasteiger partial charge < -0.3 is 11.1 Å². The molecule has 0 aliphatic heterocycles. The molecule has 0 aliphatic rings. The van der Waals surface area contributed by atoms with E-state index in [4.69, 9.17) is 5.73 Å². The van der Waals surface area contributed by atoms with E-state index in [1.54, 1.807) is 10.8 Å². The zero-order valence-electron chi connectivity index (χ0n) is 10.3. The normalized spacial score (nSPS) is 12.9. The second kappa shape index (κ2) is 5.14. The highest BCUT2D eigenvalue weighted by molar-refractivity contribution is 5.51. The summed E-state index contributed by atoms with van der Waals surface area (Å²) in [5.41, 5.74) is 8.00. The van der Waals surface area contributed by atoms with Crippen molar-refractivity contribution in [2.24, 2.45) is 5.73 Å². The summed E-state index contributed by atoms with van der Waals surface area (Å²) in [7, 11) is 0. The van der Waals surface area contributed by atoms with Gasteiger partial charge in [0.05, 0.1) is 0 Å². The smallest absolute Gasteiger partial charge is 0.157 e. The van der Waals surface area contributed by atoms with Gasteiger partial charge in [0.25, 0.3) is 0 Å². The summed E-state index contributed by atoms with van der Waals surface area (Å²) < 4.78 is 1.80. The molecule has 0 fully saturated rings. The van der Waals surface area contributed by atoms with Gasteiger partial charge in [-0.2, -0.15) is 9.61 Å². The number of aromatic nitrogens is 3. The summed E-state index contributed by atoms with van der Waals surface area (Å²) in [6.45, 7) is 4.94. The van der Waals surface area contributed by atoms with Gasteiger partial charge in [0.2, 0.25) is 0 Å². The minimum absolute atomic E-state index is 0.180. The Labute approximate surface area is 101 Å². The van der Waals surface area contributed by atoms with Crippen LogP contribution in [0.15, 0.2) is 18.5 Å². The maximum Gasteiger partial charge on any atom is 0.157 e. The molecule has 0 aromatic carbocycles. The Kier molecular flexibility index (Phi) is 3.58. The molecule has 92 valence electrons. The maximum atomic E-state index is 5.98. The number of pyridine rings is 1.